The summed E-state index contributed by atoms with van der Waals surface area (Å²) in [4.78, 5) is 4.52. The Balaban J connectivity index is 2.59. The van der Waals surface area contributed by atoms with Crippen LogP contribution in [0.2, 0.25) is 0 Å². The number of aromatic hydroxyl groups is 1. The fourth-order valence-corrected chi connectivity index (χ4v) is 1.72. The van der Waals surface area contributed by atoms with Crippen molar-refractivity contribution in [1.82, 2.24) is 0 Å². The Morgan fingerprint density at radius 2 is 1.94 bits per heavy atom. The lowest BCUT2D eigenvalue weighted by atomic mass is 10.1. The Morgan fingerprint density at radius 3 is 2.59 bits per heavy atom. The Kier molecular flexibility index (Phi) is 6.33. The van der Waals surface area contributed by atoms with Gasteiger partial charge in [-0.25, -0.2) is 0 Å². The van der Waals surface area contributed by atoms with E-state index < -0.39 is 0 Å². The quantitative estimate of drug-likeness (QED) is 0.564. The molecule has 1 aromatic carbocycles. The van der Waals surface area contributed by atoms with Crippen LogP contribution in [-0.4, -0.2) is 29.1 Å². The molecule has 0 fully saturated rings. The number of rotatable bonds is 7. The first kappa shape index (κ1) is 13.7. The monoisotopic (exact) mass is 235 g/mol. The van der Waals surface area contributed by atoms with Gasteiger partial charge >= 0.3 is 0 Å². The molecule has 3 heteroatoms. The number of aliphatic imine (C=N–C) groups is 1. The molecule has 0 amide bonds. The summed E-state index contributed by atoms with van der Waals surface area (Å²) >= 11 is 0. The van der Waals surface area contributed by atoms with E-state index in [1.165, 1.54) is 0 Å². The molecular formula is C14H21NO2. The fourth-order valence-electron chi connectivity index (χ4n) is 1.72. The Hall–Kier alpha value is -1.35. The second-order valence-corrected chi connectivity index (χ2v) is 3.98. The highest BCUT2D eigenvalue weighted by Gasteiger charge is 2.05. The molecule has 1 rings (SSSR count). The number of unbranched alkanes of at least 4 members (excludes halogenated alkanes) is 2. The summed E-state index contributed by atoms with van der Waals surface area (Å²) in [5, 5.41) is 18.4. The van der Waals surface area contributed by atoms with Crippen LogP contribution in [0.5, 0.6) is 5.75 Å². The Labute approximate surface area is 103 Å². The third-order valence-corrected chi connectivity index (χ3v) is 2.67. The number of hydrogen-bond donors (Lipinski definition) is 2. The van der Waals surface area contributed by atoms with Crippen LogP contribution >= 0.6 is 0 Å². The van der Waals surface area contributed by atoms with Gasteiger partial charge in [0.15, 0.2) is 0 Å². The minimum absolute atomic E-state index is 0.254. The van der Waals surface area contributed by atoms with Gasteiger partial charge in [-0.1, -0.05) is 19.1 Å². The lowest BCUT2D eigenvalue weighted by Gasteiger charge is -2.06. The van der Waals surface area contributed by atoms with Crippen LogP contribution in [0.1, 0.15) is 38.2 Å². The maximum absolute atomic E-state index is 9.74. The molecule has 0 aliphatic heterocycles. The zero-order valence-corrected chi connectivity index (χ0v) is 10.4. The van der Waals surface area contributed by atoms with Crippen molar-refractivity contribution in [3.63, 3.8) is 0 Å². The van der Waals surface area contributed by atoms with Gasteiger partial charge in [-0.2, -0.15) is 0 Å². The summed E-state index contributed by atoms with van der Waals surface area (Å²) in [6, 6.07) is 7.30. The highest BCUT2D eigenvalue weighted by molar-refractivity contribution is 6.02. The van der Waals surface area contributed by atoms with Crippen molar-refractivity contribution in [2.75, 3.05) is 13.2 Å². The number of phenolic OH excluding ortho intramolecular Hbond substituents is 1. The lowest BCUT2D eigenvalue weighted by molar-refractivity contribution is 0.283. The predicted molar refractivity (Wildman–Crippen MR) is 70.7 cm³/mol. The summed E-state index contributed by atoms with van der Waals surface area (Å²) in [6.45, 7) is 3.06. The van der Waals surface area contributed by atoms with Gasteiger partial charge in [0, 0.05) is 24.4 Å². The van der Waals surface area contributed by atoms with Crippen molar-refractivity contribution in [2.45, 2.75) is 32.6 Å². The first-order chi connectivity index (χ1) is 8.29. The Morgan fingerprint density at radius 1 is 1.18 bits per heavy atom. The number of hydrogen-bond acceptors (Lipinski definition) is 3. The molecule has 0 saturated carbocycles. The molecule has 94 valence electrons. The van der Waals surface area contributed by atoms with E-state index in [9.17, 15) is 5.11 Å². The standard InChI is InChI=1S/C14H21NO2/c1-2-13(15-10-6-3-7-11-16)12-8-4-5-9-14(12)17/h4-5,8-9,16-17H,2-3,6-7,10-11H2,1H3. The normalized spacial score (nSPS) is 11.8. The molecule has 0 saturated heterocycles. The topological polar surface area (TPSA) is 52.8 Å². The zero-order valence-electron chi connectivity index (χ0n) is 10.4. The van der Waals surface area contributed by atoms with Gasteiger partial charge < -0.3 is 10.2 Å². The van der Waals surface area contributed by atoms with Crippen LogP contribution in [0.3, 0.4) is 0 Å². The first-order valence-corrected chi connectivity index (χ1v) is 6.22. The second kappa shape index (κ2) is 7.85. The van der Waals surface area contributed by atoms with E-state index in [-0.39, 0.29) is 6.61 Å². The predicted octanol–water partition coefficient (Wildman–Crippen LogP) is 2.75. The van der Waals surface area contributed by atoms with Gasteiger partial charge in [-0.15, -0.1) is 0 Å². The number of aliphatic hydroxyl groups is 1. The van der Waals surface area contributed by atoms with E-state index >= 15 is 0 Å². The minimum Gasteiger partial charge on any atom is -0.507 e. The number of aliphatic hydroxyl groups excluding tert-OH is 1. The summed E-state index contributed by atoms with van der Waals surface area (Å²) in [5.74, 6) is 0.295. The van der Waals surface area contributed by atoms with Gasteiger partial charge in [-0.05, 0) is 37.8 Å². The summed E-state index contributed by atoms with van der Waals surface area (Å²) < 4.78 is 0. The van der Waals surface area contributed by atoms with Gasteiger partial charge in [0.1, 0.15) is 5.75 Å². The minimum atomic E-state index is 0.254. The molecular weight excluding hydrogens is 214 g/mol. The first-order valence-electron chi connectivity index (χ1n) is 6.22. The molecule has 0 atom stereocenters. The van der Waals surface area contributed by atoms with Crippen molar-refractivity contribution in [2.24, 2.45) is 4.99 Å². The van der Waals surface area contributed by atoms with Crippen LogP contribution in [-0.2, 0) is 0 Å². The average Bonchev–Trinajstić information content (AvgIpc) is 2.35. The molecule has 0 spiro atoms. The smallest absolute Gasteiger partial charge is 0.124 e. The van der Waals surface area contributed by atoms with Crippen LogP contribution in [0.25, 0.3) is 0 Å². The summed E-state index contributed by atoms with van der Waals surface area (Å²) in [7, 11) is 0. The zero-order chi connectivity index (χ0) is 12.5. The highest BCUT2D eigenvalue weighted by Crippen LogP contribution is 2.18. The molecule has 0 aliphatic rings. The van der Waals surface area contributed by atoms with Crippen molar-refractivity contribution < 1.29 is 10.2 Å². The molecule has 17 heavy (non-hydrogen) atoms. The molecule has 1 aromatic rings. The van der Waals surface area contributed by atoms with Gasteiger partial charge in [0.25, 0.3) is 0 Å². The number of nitrogens with zero attached hydrogens (tertiary/aromatic N) is 1. The van der Waals surface area contributed by atoms with Crippen LogP contribution in [0.15, 0.2) is 29.3 Å². The van der Waals surface area contributed by atoms with Crippen LogP contribution < -0.4 is 0 Å². The highest BCUT2D eigenvalue weighted by atomic mass is 16.3. The van der Waals surface area contributed by atoms with E-state index in [4.69, 9.17) is 5.11 Å². The largest absolute Gasteiger partial charge is 0.507 e. The molecule has 0 bridgehead atoms. The van der Waals surface area contributed by atoms with E-state index in [0.29, 0.717) is 5.75 Å². The Bertz CT molecular complexity index is 361. The number of para-hydroxylation sites is 1. The molecule has 0 unspecified atom stereocenters. The summed E-state index contributed by atoms with van der Waals surface area (Å²) in [5.41, 5.74) is 1.78. The molecule has 2 N–H and O–H groups in total. The maximum Gasteiger partial charge on any atom is 0.124 e. The van der Waals surface area contributed by atoms with Gasteiger partial charge in [0.05, 0.1) is 0 Å². The molecule has 0 aliphatic carbocycles. The van der Waals surface area contributed by atoms with Crippen molar-refractivity contribution >= 4 is 5.71 Å². The number of benzene rings is 1. The van der Waals surface area contributed by atoms with E-state index in [2.05, 4.69) is 4.99 Å². The lowest BCUT2D eigenvalue weighted by Crippen LogP contribution is -2.01. The van der Waals surface area contributed by atoms with Crippen molar-refractivity contribution in [1.29, 1.82) is 0 Å². The van der Waals surface area contributed by atoms with E-state index in [1.54, 1.807) is 6.07 Å². The van der Waals surface area contributed by atoms with E-state index in [1.807, 2.05) is 25.1 Å². The number of phenols is 1. The average molecular weight is 235 g/mol. The third kappa shape index (κ3) is 4.57. The molecule has 0 heterocycles. The van der Waals surface area contributed by atoms with Gasteiger partial charge in [-0.3, -0.25) is 4.99 Å². The third-order valence-electron chi connectivity index (χ3n) is 2.67. The maximum atomic E-state index is 9.74. The summed E-state index contributed by atoms with van der Waals surface area (Å²) in [6.07, 6.45) is 3.64. The van der Waals surface area contributed by atoms with Crippen molar-refractivity contribution in [3.05, 3.63) is 29.8 Å². The van der Waals surface area contributed by atoms with Gasteiger partial charge in [0.2, 0.25) is 0 Å². The SMILES string of the molecule is CCC(=NCCCCCO)c1ccccc1O. The van der Waals surface area contributed by atoms with Crippen molar-refractivity contribution in [3.8, 4) is 5.75 Å². The molecule has 0 radical (unpaired) electrons. The molecule has 0 aromatic heterocycles. The molecule has 3 nitrogen and oxygen atoms in total. The van der Waals surface area contributed by atoms with Crippen LogP contribution in [0, 0.1) is 0 Å². The second-order valence-electron chi connectivity index (χ2n) is 3.98. The fraction of sp³-hybridized carbons (Fsp3) is 0.500. The van der Waals surface area contributed by atoms with Crippen LogP contribution in [0.4, 0.5) is 0 Å². The van der Waals surface area contributed by atoms with E-state index in [0.717, 1.165) is 43.5 Å².